The second kappa shape index (κ2) is 8.66. The van der Waals surface area contributed by atoms with E-state index < -0.39 is 32.6 Å². The van der Waals surface area contributed by atoms with Crippen molar-refractivity contribution in [3.8, 4) is 0 Å². The van der Waals surface area contributed by atoms with Crippen LogP contribution in [0.4, 0.5) is 15.8 Å². The van der Waals surface area contributed by atoms with E-state index in [0.717, 1.165) is 6.07 Å². The Morgan fingerprint density at radius 3 is 2.57 bits per heavy atom. The van der Waals surface area contributed by atoms with Crippen LogP contribution in [0.3, 0.4) is 0 Å². The van der Waals surface area contributed by atoms with E-state index in [2.05, 4.69) is 5.32 Å². The van der Waals surface area contributed by atoms with Gasteiger partial charge in [0.1, 0.15) is 0 Å². The summed E-state index contributed by atoms with van der Waals surface area (Å²) in [4.78, 5) is 22.7. The second-order valence-corrected chi connectivity index (χ2v) is 9.29. The summed E-state index contributed by atoms with van der Waals surface area (Å²) < 4.78 is 41.1. The first-order valence-electron chi connectivity index (χ1n) is 9.11. The molecular weight excluding hydrogens is 437 g/mol. The zero-order chi connectivity index (χ0) is 22.1. The molecule has 1 aliphatic heterocycles. The van der Waals surface area contributed by atoms with E-state index in [4.69, 9.17) is 11.6 Å². The number of aryl methyl sites for hydroxylation is 1. The molecule has 3 rings (SSSR count). The Labute approximate surface area is 177 Å². The van der Waals surface area contributed by atoms with Crippen molar-refractivity contribution in [3.63, 3.8) is 0 Å². The molecule has 2 aromatic carbocycles. The average Bonchev–Trinajstić information content (AvgIpc) is 2.71. The number of nitro groups is 1. The van der Waals surface area contributed by atoms with E-state index in [1.54, 1.807) is 6.92 Å². The molecule has 0 spiro atoms. The van der Waals surface area contributed by atoms with Crippen LogP contribution in [0.15, 0.2) is 41.3 Å². The molecule has 0 aliphatic carbocycles. The summed E-state index contributed by atoms with van der Waals surface area (Å²) >= 11 is 5.71. The van der Waals surface area contributed by atoms with Gasteiger partial charge in [0.25, 0.3) is 5.69 Å². The average molecular weight is 456 g/mol. The summed E-state index contributed by atoms with van der Waals surface area (Å²) in [6, 6.07) is 7.96. The number of carbonyl (C=O) groups is 1. The number of sulfonamides is 1. The van der Waals surface area contributed by atoms with Crippen molar-refractivity contribution < 1.29 is 22.5 Å². The molecule has 1 amide bonds. The van der Waals surface area contributed by atoms with Gasteiger partial charge in [-0.25, -0.2) is 12.8 Å². The molecule has 1 aliphatic rings. The molecule has 1 heterocycles. The Kier molecular flexibility index (Phi) is 6.39. The number of anilines is 1. The van der Waals surface area contributed by atoms with Gasteiger partial charge in [-0.05, 0) is 37.5 Å². The molecule has 160 valence electrons. The summed E-state index contributed by atoms with van der Waals surface area (Å²) in [5.74, 6) is -1.64. The van der Waals surface area contributed by atoms with Crippen LogP contribution in [0.1, 0.15) is 18.4 Å². The van der Waals surface area contributed by atoms with Crippen LogP contribution in [-0.2, 0) is 14.8 Å². The fourth-order valence-corrected chi connectivity index (χ4v) is 5.20. The van der Waals surface area contributed by atoms with Gasteiger partial charge in [-0.1, -0.05) is 23.7 Å². The fourth-order valence-electron chi connectivity index (χ4n) is 3.31. The molecule has 0 unspecified atom stereocenters. The number of benzene rings is 2. The first-order chi connectivity index (χ1) is 14.1. The highest BCUT2D eigenvalue weighted by molar-refractivity contribution is 7.89. The molecule has 0 bridgehead atoms. The standard InChI is InChI=1S/C19H19ClFN3O5S/c1-12-5-6-14(24(26)27)11-17(12)30(28,29)23-9-7-13(8-10-23)19(25)22-16-4-2-3-15(20)18(16)21/h2-6,11,13H,7-10H2,1H3,(H,22,25). The molecule has 11 heteroatoms. The van der Waals surface area contributed by atoms with Crippen molar-refractivity contribution in [1.29, 1.82) is 0 Å². The number of carbonyl (C=O) groups excluding carboxylic acids is 1. The highest BCUT2D eigenvalue weighted by Gasteiger charge is 2.33. The minimum atomic E-state index is -3.95. The van der Waals surface area contributed by atoms with E-state index in [9.17, 15) is 27.7 Å². The van der Waals surface area contributed by atoms with Crippen molar-refractivity contribution in [1.82, 2.24) is 4.31 Å². The third-order valence-electron chi connectivity index (χ3n) is 5.03. The summed E-state index contributed by atoms with van der Waals surface area (Å²) in [6.07, 6.45) is 0.475. The van der Waals surface area contributed by atoms with Gasteiger partial charge in [0.05, 0.1) is 20.5 Å². The van der Waals surface area contributed by atoms with Gasteiger partial charge in [0, 0.05) is 31.1 Å². The molecule has 1 fully saturated rings. The van der Waals surface area contributed by atoms with E-state index in [1.165, 1.54) is 34.6 Å². The van der Waals surface area contributed by atoms with Crippen molar-refractivity contribution in [2.45, 2.75) is 24.7 Å². The highest BCUT2D eigenvalue weighted by atomic mass is 35.5. The van der Waals surface area contributed by atoms with E-state index in [1.807, 2.05) is 0 Å². The molecular formula is C19H19ClFN3O5S. The largest absolute Gasteiger partial charge is 0.323 e. The van der Waals surface area contributed by atoms with Crippen molar-refractivity contribution in [2.75, 3.05) is 18.4 Å². The van der Waals surface area contributed by atoms with Crippen molar-refractivity contribution in [3.05, 3.63) is 62.9 Å². The lowest BCUT2D eigenvalue weighted by molar-refractivity contribution is -0.385. The lowest BCUT2D eigenvalue weighted by Gasteiger charge is -2.31. The van der Waals surface area contributed by atoms with Crippen LogP contribution in [-0.4, -0.2) is 36.6 Å². The van der Waals surface area contributed by atoms with E-state index >= 15 is 0 Å². The Morgan fingerprint density at radius 2 is 1.93 bits per heavy atom. The molecule has 0 radical (unpaired) electrons. The number of hydrogen-bond acceptors (Lipinski definition) is 5. The van der Waals surface area contributed by atoms with Crippen LogP contribution in [0.25, 0.3) is 0 Å². The predicted molar refractivity (Wildman–Crippen MR) is 109 cm³/mol. The van der Waals surface area contributed by atoms with E-state index in [-0.39, 0.29) is 47.2 Å². The summed E-state index contributed by atoms with van der Waals surface area (Å²) in [6.45, 7) is 1.71. The molecule has 1 saturated heterocycles. The number of non-ortho nitro benzene ring substituents is 1. The van der Waals surface area contributed by atoms with Crippen LogP contribution in [0, 0.1) is 28.8 Å². The van der Waals surface area contributed by atoms with Crippen LogP contribution >= 0.6 is 11.6 Å². The Balaban J connectivity index is 1.70. The third-order valence-corrected chi connectivity index (χ3v) is 7.37. The maximum absolute atomic E-state index is 14.0. The topological polar surface area (TPSA) is 110 Å². The zero-order valence-electron chi connectivity index (χ0n) is 16.0. The molecule has 0 atom stereocenters. The Hall–Kier alpha value is -2.56. The quantitative estimate of drug-likeness (QED) is 0.545. The fraction of sp³-hybridized carbons (Fsp3) is 0.316. The van der Waals surface area contributed by atoms with Gasteiger partial charge in [0.15, 0.2) is 5.82 Å². The van der Waals surface area contributed by atoms with Crippen LogP contribution in [0.5, 0.6) is 0 Å². The molecule has 0 saturated carbocycles. The zero-order valence-corrected chi connectivity index (χ0v) is 17.5. The lowest BCUT2D eigenvalue weighted by Crippen LogP contribution is -2.41. The number of nitrogens with zero attached hydrogens (tertiary/aromatic N) is 2. The number of nitrogens with one attached hydrogen (secondary N) is 1. The summed E-state index contributed by atoms with van der Waals surface area (Å²) in [7, 11) is -3.95. The maximum Gasteiger partial charge on any atom is 0.270 e. The second-order valence-electron chi connectivity index (χ2n) is 6.98. The van der Waals surface area contributed by atoms with Gasteiger partial charge in [0.2, 0.25) is 15.9 Å². The smallest absolute Gasteiger partial charge is 0.270 e. The monoisotopic (exact) mass is 455 g/mol. The highest BCUT2D eigenvalue weighted by Crippen LogP contribution is 2.29. The maximum atomic E-state index is 14.0. The number of piperidine rings is 1. The number of amides is 1. The van der Waals surface area contributed by atoms with E-state index in [0.29, 0.717) is 5.56 Å². The summed E-state index contributed by atoms with van der Waals surface area (Å²) in [5, 5.41) is 13.4. The molecule has 1 N–H and O–H groups in total. The first kappa shape index (κ1) is 22.1. The normalized spacial score (nSPS) is 15.7. The third kappa shape index (κ3) is 4.45. The van der Waals surface area contributed by atoms with Crippen molar-refractivity contribution >= 4 is 38.9 Å². The van der Waals surface area contributed by atoms with Gasteiger partial charge in [-0.15, -0.1) is 0 Å². The SMILES string of the molecule is Cc1ccc([N+](=O)[O-])cc1S(=O)(=O)N1CCC(C(=O)Nc2cccc(Cl)c2F)CC1. The van der Waals surface area contributed by atoms with Gasteiger partial charge in [-0.2, -0.15) is 4.31 Å². The molecule has 2 aromatic rings. The molecule has 8 nitrogen and oxygen atoms in total. The molecule has 30 heavy (non-hydrogen) atoms. The first-order valence-corrected chi connectivity index (χ1v) is 10.9. The van der Waals surface area contributed by atoms with Crippen LogP contribution < -0.4 is 5.32 Å². The Morgan fingerprint density at radius 1 is 1.27 bits per heavy atom. The Bertz CT molecular complexity index is 1100. The number of nitro benzene ring substituents is 1. The van der Waals surface area contributed by atoms with Gasteiger partial charge < -0.3 is 5.32 Å². The minimum absolute atomic E-state index is 0.0326. The number of halogens is 2. The van der Waals surface area contributed by atoms with Gasteiger partial charge >= 0.3 is 0 Å². The lowest BCUT2D eigenvalue weighted by atomic mass is 9.97. The van der Waals surface area contributed by atoms with Gasteiger partial charge in [-0.3, -0.25) is 14.9 Å². The number of rotatable bonds is 5. The molecule has 0 aromatic heterocycles. The summed E-state index contributed by atoms with van der Waals surface area (Å²) in [5.41, 5.74) is 0.0589. The number of hydrogen-bond donors (Lipinski definition) is 1. The van der Waals surface area contributed by atoms with Crippen LogP contribution in [0.2, 0.25) is 5.02 Å². The predicted octanol–water partition coefficient (Wildman–Crippen LogP) is 3.74. The minimum Gasteiger partial charge on any atom is -0.323 e. The van der Waals surface area contributed by atoms with Crippen molar-refractivity contribution in [2.24, 2.45) is 5.92 Å².